The number of benzene rings is 1. The summed E-state index contributed by atoms with van der Waals surface area (Å²) in [6.45, 7) is 7.66. The number of nitro benzene ring substituents is 1. The van der Waals surface area contributed by atoms with Crippen LogP contribution in [0.5, 0.6) is 0 Å². The molecule has 1 aromatic carbocycles. The van der Waals surface area contributed by atoms with Crippen molar-refractivity contribution in [1.29, 1.82) is 0 Å². The molecule has 3 fully saturated rings. The average Bonchev–Trinajstić information content (AvgIpc) is 3.10. The Morgan fingerprint density at radius 2 is 1.70 bits per heavy atom. The molecule has 7 atom stereocenters. The first kappa shape index (κ1) is 25.7. The summed E-state index contributed by atoms with van der Waals surface area (Å²) in [5.74, 6) is 0.969. The molecular weight excluding hydrogens is 470 g/mol. The average molecular weight is 508 g/mol. The largest absolute Gasteiger partial charge is 0.462 e. The summed E-state index contributed by atoms with van der Waals surface area (Å²) < 4.78 is 11.6. The van der Waals surface area contributed by atoms with Gasteiger partial charge in [0.25, 0.3) is 5.69 Å². The van der Waals surface area contributed by atoms with Gasteiger partial charge in [0.05, 0.1) is 4.92 Å². The molecular formula is C30H37NO6. The number of hydrogen-bond acceptors (Lipinski definition) is 6. The Morgan fingerprint density at radius 3 is 2.35 bits per heavy atom. The van der Waals surface area contributed by atoms with E-state index in [1.54, 1.807) is 12.1 Å². The van der Waals surface area contributed by atoms with Gasteiger partial charge in [0, 0.05) is 37.8 Å². The summed E-state index contributed by atoms with van der Waals surface area (Å²) in [6, 6.07) is 6.57. The molecule has 0 aromatic heterocycles. The maximum absolute atomic E-state index is 12.2. The minimum absolute atomic E-state index is 0.0155. The number of rotatable bonds is 4. The molecule has 0 heterocycles. The number of ether oxygens (including phenoxy) is 2. The topological polar surface area (TPSA) is 95.7 Å². The third-order valence-electron chi connectivity index (χ3n) is 9.96. The molecule has 198 valence electrons. The van der Waals surface area contributed by atoms with Gasteiger partial charge >= 0.3 is 11.9 Å². The lowest BCUT2D eigenvalue weighted by Crippen LogP contribution is -2.51. The van der Waals surface area contributed by atoms with Crippen LogP contribution in [-0.2, 0) is 19.1 Å². The molecule has 0 spiro atoms. The van der Waals surface area contributed by atoms with E-state index in [2.05, 4.69) is 26.0 Å². The van der Waals surface area contributed by atoms with Crippen molar-refractivity contribution >= 4 is 23.7 Å². The third-order valence-corrected chi connectivity index (χ3v) is 9.96. The van der Waals surface area contributed by atoms with Crippen LogP contribution in [0.15, 0.2) is 41.5 Å². The van der Waals surface area contributed by atoms with Gasteiger partial charge in [-0.2, -0.15) is 0 Å². The van der Waals surface area contributed by atoms with E-state index in [1.165, 1.54) is 31.6 Å². The zero-order valence-electron chi connectivity index (χ0n) is 22.2. The highest BCUT2D eigenvalue weighted by atomic mass is 16.6. The molecule has 0 bridgehead atoms. The fourth-order valence-corrected chi connectivity index (χ4v) is 8.22. The van der Waals surface area contributed by atoms with Gasteiger partial charge < -0.3 is 9.47 Å². The van der Waals surface area contributed by atoms with Crippen LogP contribution in [0.4, 0.5) is 5.69 Å². The van der Waals surface area contributed by atoms with Crippen LogP contribution in [0.25, 0.3) is 6.08 Å². The SMILES string of the molecule is CC(=O)OC1/C(=C/c2ccc([N+](=O)[O-])cc2)C[C@H]2[C@@H]3CC=C4C[C@@H](OC(C)=O)CC[C@]4(C)[C@H]3CC[C@]12C. The lowest BCUT2D eigenvalue weighted by atomic mass is 9.48. The molecule has 3 saturated carbocycles. The minimum atomic E-state index is -0.394. The summed E-state index contributed by atoms with van der Waals surface area (Å²) in [7, 11) is 0. The van der Waals surface area contributed by atoms with Crippen LogP contribution in [0.3, 0.4) is 0 Å². The van der Waals surface area contributed by atoms with Gasteiger partial charge in [-0.05, 0) is 85.0 Å². The molecule has 0 saturated heterocycles. The molecule has 0 amide bonds. The summed E-state index contributed by atoms with van der Waals surface area (Å²) in [4.78, 5) is 34.4. The zero-order chi connectivity index (χ0) is 26.5. The molecule has 1 unspecified atom stereocenters. The lowest BCUT2D eigenvalue weighted by Gasteiger charge is -2.57. The molecule has 0 radical (unpaired) electrons. The molecule has 0 aliphatic heterocycles. The van der Waals surface area contributed by atoms with Crippen molar-refractivity contribution in [3.05, 3.63) is 57.2 Å². The van der Waals surface area contributed by atoms with Crippen molar-refractivity contribution in [2.75, 3.05) is 0 Å². The number of nitro groups is 1. The van der Waals surface area contributed by atoms with Gasteiger partial charge in [0.1, 0.15) is 12.2 Å². The van der Waals surface area contributed by atoms with E-state index < -0.39 is 4.92 Å². The van der Waals surface area contributed by atoms with E-state index in [1.807, 2.05) is 0 Å². The lowest BCUT2D eigenvalue weighted by molar-refractivity contribution is -0.384. The van der Waals surface area contributed by atoms with Crippen molar-refractivity contribution in [2.24, 2.45) is 28.6 Å². The van der Waals surface area contributed by atoms with Crippen molar-refractivity contribution in [1.82, 2.24) is 0 Å². The molecule has 4 aliphatic rings. The number of allylic oxidation sites excluding steroid dienone is 1. The van der Waals surface area contributed by atoms with Gasteiger partial charge in [0.2, 0.25) is 0 Å². The fourth-order valence-electron chi connectivity index (χ4n) is 8.22. The maximum Gasteiger partial charge on any atom is 0.303 e. The molecule has 7 nitrogen and oxygen atoms in total. The standard InChI is InChI=1S/C30H37NO6/c1-18(32)36-24-11-13-29(3)22(17-24)7-10-25-26(29)12-14-30(4)27(25)16-21(28(30)37-19(2)33)15-20-5-8-23(9-6-20)31(34)35/h5-9,15,24-28H,10-14,16-17H2,1-4H3/b21-15+/t24-,25+,26-,27-,28?,29-,30-/m0/s1. The predicted octanol–water partition coefficient (Wildman–Crippen LogP) is 6.41. The van der Waals surface area contributed by atoms with Gasteiger partial charge in [0.15, 0.2) is 0 Å². The van der Waals surface area contributed by atoms with Gasteiger partial charge in [-0.25, -0.2) is 0 Å². The maximum atomic E-state index is 12.2. The normalized spacial score (nSPS) is 37.6. The van der Waals surface area contributed by atoms with Crippen molar-refractivity contribution in [3.63, 3.8) is 0 Å². The molecule has 37 heavy (non-hydrogen) atoms. The van der Waals surface area contributed by atoms with Crippen LogP contribution in [0.1, 0.15) is 78.2 Å². The highest BCUT2D eigenvalue weighted by Gasteiger charge is 2.61. The van der Waals surface area contributed by atoms with E-state index in [4.69, 9.17) is 9.47 Å². The number of non-ortho nitro benzene ring substituents is 1. The number of esters is 2. The Balaban J connectivity index is 1.45. The summed E-state index contributed by atoms with van der Waals surface area (Å²) in [5.41, 5.74) is 3.48. The quantitative estimate of drug-likeness (QED) is 0.202. The second kappa shape index (κ2) is 9.41. The van der Waals surface area contributed by atoms with Gasteiger partial charge in [-0.3, -0.25) is 19.7 Å². The Kier molecular flexibility index (Phi) is 6.53. The number of carbonyl (C=O) groups is 2. The molecule has 4 aliphatic carbocycles. The van der Waals surface area contributed by atoms with Crippen LogP contribution in [-0.4, -0.2) is 29.1 Å². The number of fused-ring (bicyclic) bond motifs is 5. The van der Waals surface area contributed by atoms with Crippen molar-refractivity contribution in [3.8, 4) is 0 Å². The van der Waals surface area contributed by atoms with Crippen LogP contribution in [0, 0.1) is 38.7 Å². The minimum Gasteiger partial charge on any atom is -0.462 e. The van der Waals surface area contributed by atoms with Crippen LogP contribution in [0.2, 0.25) is 0 Å². The highest BCUT2D eigenvalue weighted by molar-refractivity contribution is 5.68. The van der Waals surface area contributed by atoms with Gasteiger partial charge in [-0.15, -0.1) is 0 Å². The van der Waals surface area contributed by atoms with E-state index in [-0.39, 0.29) is 40.7 Å². The highest BCUT2D eigenvalue weighted by Crippen LogP contribution is 2.66. The molecule has 0 N–H and O–H groups in total. The van der Waals surface area contributed by atoms with E-state index in [0.717, 1.165) is 56.1 Å². The number of nitrogens with zero attached hydrogens (tertiary/aromatic N) is 1. The molecule has 5 rings (SSSR count). The van der Waals surface area contributed by atoms with Crippen LogP contribution < -0.4 is 0 Å². The van der Waals surface area contributed by atoms with Crippen molar-refractivity contribution < 1.29 is 24.0 Å². The fraction of sp³-hybridized carbons (Fsp3) is 0.600. The first-order chi connectivity index (χ1) is 17.5. The Labute approximate surface area is 218 Å². The van der Waals surface area contributed by atoms with Crippen LogP contribution >= 0.6 is 0 Å². The van der Waals surface area contributed by atoms with Crippen molar-refractivity contribution in [2.45, 2.75) is 84.8 Å². The predicted molar refractivity (Wildman–Crippen MR) is 139 cm³/mol. The zero-order valence-corrected chi connectivity index (χ0v) is 22.2. The first-order valence-corrected chi connectivity index (χ1v) is 13.5. The summed E-state index contributed by atoms with van der Waals surface area (Å²) in [5, 5.41) is 11.1. The third kappa shape index (κ3) is 4.51. The van der Waals surface area contributed by atoms with E-state index in [9.17, 15) is 19.7 Å². The smallest absolute Gasteiger partial charge is 0.303 e. The van der Waals surface area contributed by atoms with Gasteiger partial charge in [-0.1, -0.05) is 31.6 Å². The Morgan fingerprint density at radius 1 is 1.00 bits per heavy atom. The second-order valence-electron chi connectivity index (χ2n) is 12.0. The molecule has 1 aromatic rings. The number of carbonyl (C=O) groups excluding carboxylic acids is 2. The first-order valence-electron chi connectivity index (χ1n) is 13.5. The summed E-state index contributed by atoms with van der Waals surface area (Å²) in [6.07, 6.45) is 10.9. The second-order valence-corrected chi connectivity index (χ2v) is 12.0. The van der Waals surface area contributed by atoms with E-state index in [0.29, 0.717) is 17.8 Å². The Bertz CT molecular complexity index is 1170. The summed E-state index contributed by atoms with van der Waals surface area (Å²) >= 11 is 0. The number of hydrogen-bond donors (Lipinski definition) is 0. The Hall–Kier alpha value is -2.96. The van der Waals surface area contributed by atoms with E-state index >= 15 is 0 Å². The molecule has 7 heteroatoms. The monoisotopic (exact) mass is 507 g/mol.